The molecule has 124 valence electrons. The van der Waals surface area contributed by atoms with Gasteiger partial charge in [-0.3, -0.25) is 4.57 Å². The smallest absolute Gasteiger partial charge is 0.138 e. The molecule has 0 unspecified atom stereocenters. The summed E-state index contributed by atoms with van der Waals surface area (Å²) in [4.78, 5) is 4.00. The van der Waals surface area contributed by atoms with Crippen molar-refractivity contribution >= 4 is 5.69 Å². The fourth-order valence-electron chi connectivity index (χ4n) is 2.73. The molecule has 0 fully saturated rings. The molecule has 4 aromatic rings. The maximum absolute atomic E-state index is 4.18. The minimum absolute atomic E-state index is 0.740. The number of nitrogens with one attached hydrogen (secondary N) is 1. The van der Waals surface area contributed by atoms with E-state index in [1.165, 1.54) is 11.9 Å². The number of benzene rings is 2. The molecule has 0 aliphatic heterocycles. The van der Waals surface area contributed by atoms with Crippen molar-refractivity contribution in [2.24, 2.45) is 0 Å². The Kier molecular flexibility index (Phi) is 3.96. The van der Waals surface area contributed by atoms with Gasteiger partial charge in [-0.1, -0.05) is 18.2 Å². The van der Waals surface area contributed by atoms with Gasteiger partial charge in [-0.15, -0.1) is 10.2 Å². The fraction of sp³-hybridized carbons (Fsp3) is 0.111. The summed E-state index contributed by atoms with van der Waals surface area (Å²) < 4.78 is 3.65. The Morgan fingerprint density at radius 1 is 1.00 bits per heavy atom. The van der Waals surface area contributed by atoms with E-state index in [0.717, 1.165) is 29.2 Å². The Hall–Kier alpha value is -3.48. The summed E-state index contributed by atoms with van der Waals surface area (Å²) in [5, 5.41) is 15.3. The zero-order valence-corrected chi connectivity index (χ0v) is 13.7. The van der Waals surface area contributed by atoms with Crippen LogP contribution in [0.1, 0.15) is 11.1 Å². The van der Waals surface area contributed by atoms with E-state index in [2.05, 4.69) is 56.8 Å². The molecule has 1 N–H and O–H groups in total. The van der Waals surface area contributed by atoms with Crippen molar-refractivity contribution in [1.29, 1.82) is 0 Å². The average molecular weight is 331 g/mol. The highest BCUT2D eigenvalue weighted by Crippen LogP contribution is 2.18. The van der Waals surface area contributed by atoms with E-state index in [1.807, 2.05) is 22.8 Å². The van der Waals surface area contributed by atoms with Crippen molar-refractivity contribution in [3.63, 3.8) is 0 Å². The van der Waals surface area contributed by atoms with E-state index in [-0.39, 0.29) is 0 Å². The van der Waals surface area contributed by atoms with Gasteiger partial charge in [0, 0.05) is 12.2 Å². The van der Waals surface area contributed by atoms with E-state index >= 15 is 0 Å². The van der Waals surface area contributed by atoms with Gasteiger partial charge in [0.25, 0.3) is 0 Å². The largest absolute Gasteiger partial charge is 0.381 e. The summed E-state index contributed by atoms with van der Waals surface area (Å²) in [6, 6.07) is 14.5. The predicted molar refractivity (Wildman–Crippen MR) is 94.8 cm³/mol. The minimum atomic E-state index is 0.740. The van der Waals surface area contributed by atoms with Crippen molar-refractivity contribution < 1.29 is 0 Å². The Morgan fingerprint density at radius 3 is 2.64 bits per heavy atom. The number of hydrogen-bond acceptors (Lipinski definition) is 5. The Labute approximate surface area is 145 Å². The molecule has 7 heteroatoms. The maximum Gasteiger partial charge on any atom is 0.138 e. The second-order valence-electron chi connectivity index (χ2n) is 5.73. The van der Waals surface area contributed by atoms with Crippen molar-refractivity contribution in [1.82, 2.24) is 29.5 Å². The fourth-order valence-corrected chi connectivity index (χ4v) is 2.73. The second-order valence-corrected chi connectivity index (χ2v) is 5.73. The molecule has 25 heavy (non-hydrogen) atoms. The zero-order valence-electron chi connectivity index (χ0n) is 13.7. The van der Waals surface area contributed by atoms with E-state index in [0.29, 0.717) is 0 Å². The van der Waals surface area contributed by atoms with Gasteiger partial charge in [0.2, 0.25) is 0 Å². The predicted octanol–water partition coefficient (Wildman–Crippen LogP) is 2.77. The Morgan fingerprint density at radius 2 is 1.88 bits per heavy atom. The van der Waals surface area contributed by atoms with Crippen LogP contribution >= 0.6 is 0 Å². The quantitative estimate of drug-likeness (QED) is 0.609. The van der Waals surface area contributed by atoms with Crippen LogP contribution in [0, 0.1) is 6.92 Å². The second kappa shape index (κ2) is 6.56. The number of aryl methyl sites for hydroxylation is 1. The van der Waals surface area contributed by atoms with E-state index in [1.54, 1.807) is 23.7 Å². The summed E-state index contributed by atoms with van der Waals surface area (Å²) in [6.07, 6.45) is 6.62. The molecule has 4 rings (SSSR count). The van der Waals surface area contributed by atoms with Crippen LogP contribution in [-0.4, -0.2) is 29.5 Å². The summed E-state index contributed by atoms with van der Waals surface area (Å²) in [7, 11) is 0. The van der Waals surface area contributed by atoms with Crippen molar-refractivity contribution in [2.45, 2.75) is 13.5 Å². The molecule has 0 aliphatic carbocycles. The van der Waals surface area contributed by atoms with Crippen LogP contribution in [0.25, 0.3) is 11.4 Å². The molecule has 7 nitrogen and oxygen atoms in total. The van der Waals surface area contributed by atoms with Crippen LogP contribution in [0.3, 0.4) is 0 Å². The molecule has 0 aliphatic rings. The average Bonchev–Trinajstić information content (AvgIpc) is 3.34. The number of aromatic nitrogens is 6. The van der Waals surface area contributed by atoms with Crippen LogP contribution in [0.15, 0.2) is 67.8 Å². The number of rotatable bonds is 5. The van der Waals surface area contributed by atoms with Crippen molar-refractivity contribution in [3.8, 4) is 11.4 Å². The molecule has 2 heterocycles. The van der Waals surface area contributed by atoms with Gasteiger partial charge in [0.1, 0.15) is 25.3 Å². The summed E-state index contributed by atoms with van der Waals surface area (Å²) in [5.74, 6) is 0. The first-order valence-electron chi connectivity index (χ1n) is 7.93. The van der Waals surface area contributed by atoms with Crippen LogP contribution in [-0.2, 0) is 6.54 Å². The molecule has 0 saturated carbocycles. The lowest BCUT2D eigenvalue weighted by Crippen LogP contribution is -2.03. The lowest BCUT2D eigenvalue weighted by molar-refractivity contribution is 0.869. The van der Waals surface area contributed by atoms with Gasteiger partial charge < -0.3 is 5.32 Å². The molecule has 0 bridgehead atoms. The molecule has 2 aromatic heterocycles. The lowest BCUT2D eigenvalue weighted by Gasteiger charge is -2.11. The van der Waals surface area contributed by atoms with E-state index in [9.17, 15) is 0 Å². The standard InChI is InChI=1S/C18H17N7/c1-14-7-15(5-6-18(14)25-11-19-10-23-25)9-20-16-3-2-4-17(8-16)24-12-21-22-13-24/h2-8,10-13,20H,9H2,1H3. The number of hydrogen-bond donors (Lipinski definition) is 1. The first-order valence-corrected chi connectivity index (χ1v) is 7.93. The zero-order chi connectivity index (χ0) is 17.1. The van der Waals surface area contributed by atoms with Gasteiger partial charge in [-0.25, -0.2) is 9.67 Å². The van der Waals surface area contributed by atoms with Gasteiger partial charge in [0.05, 0.1) is 11.4 Å². The lowest BCUT2D eigenvalue weighted by atomic mass is 10.1. The molecule has 2 aromatic carbocycles. The Bertz CT molecular complexity index is 959. The monoisotopic (exact) mass is 331 g/mol. The van der Waals surface area contributed by atoms with E-state index < -0.39 is 0 Å². The van der Waals surface area contributed by atoms with Gasteiger partial charge >= 0.3 is 0 Å². The molecular formula is C18H17N7. The third-order valence-electron chi connectivity index (χ3n) is 3.99. The van der Waals surface area contributed by atoms with Gasteiger partial charge in [0.15, 0.2) is 0 Å². The number of nitrogens with zero attached hydrogens (tertiary/aromatic N) is 6. The van der Waals surface area contributed by atoms with Crippen molar-refractivity contribution in [2.75, 3.05) is 5.32 Å². The highest BCUT2D eigenvalue weighted by Gasteiger charge is 2.04. The van der Waals surface area contributed by atoms with E-state index in [4.69, 9.17) is 0 Å². The van der Waals surface area contributed by atoms with Crippen LogP contribution in [0.5, 0.6) is 0 Å². The molecule has 0 atom stereocenters. The van der Waals surface area contributed by atoms with Crippen LogP contribution < -0.4 is 5.32 Å². The summed E-state index contributed by atoms with van der Waals surface area (Å²) in [6.45, 7) is 2.82. The first kappa shape index (κ1) is 15.1. The normalized spacial score (nSPS) is 10.8. The molecule has 0 radical (unpaired) electrons. The highest BCUT2D eigenvalue weighted by molar-refractivity contribution is 5.52. The third kappa shape index (κ3) is 3.25. The molecule has 0 saturated heterocycles. The van der Waals surface area contributed by atoms with Gasteiger partial charge in [-0.2, -0.15) is 5.10 Å². The molecular weight excluding hydrogens is 314 g/mol. The SMILES string of the molecule is Cc1cc(CNc2cccc(-n3cnnc3)c2)ccc1-n1cncn1. The molecule has 0 spiro atoms. The summed E-state index contributed by atoms with van der Waals surface area (Å²) in [5.41, 5.74) is 5.46. The maximum atomic E-state index is 4.18. The summed E-state index contributed by atoms with van der Waals surface area (Å²) >= 11 is 0. The first-order chi connectivity index (χ1) is 12.3. The Balaban J connectivity index is 1.48. The molecule has 0 amide bonds. The van der Waals surface area contributed by atoms with Crippen molar-refractivity contribution in [3.05, 3.63) is 78.9 Å². The van der Waals surface area contributed by atoms with Crippen LogP contribution in [0.2, 0.25) is 0 Å². The van der Waals surface area contributed by atoms with Crippen LogP contribution in [0.4, 0.5) is 5.69 Å². The highest BCUT2D eigenvalue weighted by atomic mass is 15.3. The topological polar surface area (TPSA) is 73.5 Å². The number of anilines is 1. The third-order valence-corrected chi connectivity index (χ3v) is 3.99. The minimum Gasteiger partial charge on any atom is -0.381 e. The van der Waals surface area contributed by atoms with Gasteiger partial charge in [-0.05, 0) is 42.3 Å².